The van der Waals surface area contributed by atoms with Gasteiger partial charge in [-0.25, -0.2) is 18.4 Å². The van der Waals surface area contributed by atoms with E-state index >= 15 is 0 Å². The number of carbonyl (C=O) groups is 1. The summed E-state index contributed by atoms with van der Waals surface area (Å²) in [4.78, 5) is 24.7. The molecule has 10 nitrogen and oxygen atoms in total. The number of nitrogens with zero attached hydrogens (tertiary/aromatic N) is 3. The molecule has 3 heterocycles. The molecule has 0 unspecified atom stereocenters. The molecule has 3 aromatic rings. The number of rotatable bonds is 9. The zero-order valence-electron chi connectivity index (χ0n) is 21.2. The minimum absolute atomic E-state index is 0.115. The summed E-state index contributed by atoms with van der Waals surface area (Å²) in [5.41, 5.74) is 1.18. The predicted octanol–water partition coefficient (Wildman–Crippen LogP) is 4.05. The van der Waals surface area contributed by atoms with Gasteiger partial charge in [-0.1, -0.05) is 13.0 Å². The predicted molar refractivity (Wildman–Crippen MR) is 138 cm³/mol. The Morgan fingerprint density at radius 2 is 1.83 bits per heavy atom. The van der Waals surface area contributed by atoms with Crippen molar-refractivity contribution < 1.29 is 23.1 Å². The molecule has 3 aromatic heterocycles. The normalized spacial score (nSPS) is 11.9. The molecule has 0 aliphatic carbocycles. The Labute approximate surface area is 211 Å². The van der Waals surface area contributed by atoms with E-state index in [0.29, 0.717) is 28.3 Å². The maximum atomic E-state index is 12.6. The number of aromatic nitrogens is 3. The molecule has 1 amide bonds. The Balaban J connectivity index is 2.12. The molecular formula is C25H31N5O5S. The van der Waals surface area contributed by atoms with Crippen LogP contribution in [0.15, 0.2) is 47.8 Å². The first kappa shape index (κ1) is 27.0. The third-order valence-electron chi connectivity index (χ3n) is 5.06. The van der Waals surface area contributed by atoms with Gasteiger partial charge in [0, 0.05) is 48.6 Å². The molecule has 0 aromatic carbocycles. The number of carbonyl (C=O) groups excluding carboxylic acids is 1. The number of aliphatic hydroxyl groups is 1. The molecule has 192 valence electrons. The van der Waals surface area contributed by atoms with E-state index in [2.05, 4.69) is 25.6 Å². The summed E-state index contributed by atoms with van der Waals surface area (Å²) in [5.74, 6) is 0.456. The lowest BCUT2D eigenvalue weighted by atomic mass is 9.99. The van der Waals surface area contributed by atoms with Crippen molar-refractivity contribution in [3.8, 4) is 17.0 Å². The van der Waals surface area contributed by atoms with Gasteiger partial charge in [-0.05, 0) is 33.8 Å². The van der Waals surface area contributed by atoms with E-state index in [1.165, 1.54) is 19.2 Å². The maximum Gasteiger partial charge on any atom is 0.222 e. The van der Waals surface area contributed by atoms with E-state index in [1.807, 2.05) is 13.8 Å². The van der Waals surface area contributed by atoms with Gasteiger partial charge in [0.15, 0.2) is 14.9 Å². The van der Waals surface area contributed by atoms with Crippen LogP contribution in [0.1, 0.15) is 47.1 Å². The molecule has 0 saturated heterocycles. The molecule has 0 bridgehead atoms. The zero-order chi connectivity index (χ0) is 26.7. The first-order valence-corrected chi connectivity index (χ1v) is 13.1. The molecule has 0 fully saturated rings. The number of sulfone groups is 1. The molecule has 36 heavy (non-hydrogen) atoms. The molecule has 0 saturated carbocycles. The van der Waals surface area contributed by atoms with Crippen molar-refractivity contribution in [2.24, 2.45) is 0 Å². The van der Waals surface area contributed by atoms with Gasteiger partial charge in [-0.3, -0.25) is 9.78 Å². The van der Waals surface area contributed by atoms with Crippen molar-refractivity contribution in [2.45, 2.75) is 58.3 Å². The van der Waals surface area contributed by atoms with Crippen molar-refractivity contribution in [2.75, 3.05) is 16.4 Å². The SMILES string of the molecule is CCS(=O)(=O)c1cc(OC(C)C)cc(Nc2cc(NC(C)=O)ncc2-c2ccc(C(C)(C)O)cn2)n1. The van der Waals surface area contributed by atoms with E-state index in [0.717, 1.165) is 0 Å². The highest BCUT2D eigenvalue weighted by Crippen LogP contribution is 2.33. The fraction of sp³-hybridized carbons (Fsp3) is 0.360. The third kappa shape index (κ3) is 6.76. The number of ether oxygens (including phenoxy) is 1. The fourth-order valence-corrected chi connectivity index (χ4v) is 4.09. The molecule has 0 atom stereocenters. The largest absolute Gasteiger partial charge is 0.491 e. The monoisotopic (exact) mass is 513 g/mol. The number of hydrogen-bond donors (Lipinski definition) is 3. The minimum atomic E-state index is -3.61. The van der Waals surface area contributed by atoms with Crippen LogP contribution in [0.2, 0.25) is 0 Å². The Hall–Kier alpha value is -3.57. The van der Waals surface area contributed by atoms with E-state index in [1.54, 1.807) is 51.2 Å². The second-order valence-corrected chi connectivity index (χ2v) is 11.2. The minimum Gasteiger partial charge on any atom is -0.491 e. The quantitative estimate of drug-likeness (QED) is 0.386. The van der Waals surface area contributed by atoms with Gasteiger partial charge < -0.3 is 20.5 Å². The van der Waals surface area contributed by atoms with Gasteiger partial charge in [-0.2, -0.15) is 0 Å². The van der Waals surface area contributed by atoms with E-state index < -0.39 is 15.4 Å². The van der Waals surface area contributed by atoms with Gasteiger partial charge in [0.2, 0.25) is 5.91 Å². The number of pyridine rings is 3. The van der Waals surface area contributed by atoms with Crippen LogP contribution in [-0.2, 0) is 20.2 Å². The summed E-state index contributed by atoms with van der Waals surface area (Å²) >= 11 is 0. The lowest BCUT2D eigenvalue weighted by Gasteiger charge is -2.18. The highest BCUT2D eigenvalue weighted by atomic mass is 32.2. The van der Waals surface area contributed by atoms with Gasteiger partial charge in [-0.15, -0.1) is 0 Å². The summed E-state index contributed by atoms with van der Waals surface area (Å²) in [6.45, 7) is 9.93. The molecule has 3 N–H and O–H groups in total. The first-order chi connectivity index (χ1) is 16.8. The fourth-order valence-electron chi connectivity index (χ4n) is 3.26. The van der Waals surface area contributed by atoms with Crippen molar-refractivity contribution in [3.63, 3.8) is 0 Å². The van der Waals surface area contributed by atoms with Gasteiger partial charge in [0.1, 0.15) is 17.4 Å². The van der Waals surface area contributed by atoms with E-state index in [4.69, 9.17) is 4.74 Å². The van der Waals surface area contributed by atoms with Crippen LogP contribution in [-0.4, -0.2) is 46.2 Å². The van der Waals surface area contributed by atoms with Crippen LogP contribution in [0, 0.1) is 0 Å². The summed E-state index contributed by atoms with van der Waals surface area (Å²) in [7, 11) is -3.61. The second-order valence-electron chi connectivity index (χ2n) is 9.01. The second kappa shape index (κ2) is 10.6. The van der Waals surface area contributed by atoms with Crippen LogP contribution in [0.25, 0.3) is 11.3 Å². The van der Waals surface area contributed by atoms with Crippen LogP contribution >= 0.6 is 0 Å². The average molecular weight is 514 g/mol. The maximum absolute atomic E-state index is 12.6. The van der Waals surface area contributed by atoms with Gasteiger partial charge in [0.05, 0.1) is 28.8 Å². The summed E-state index contributed by atoms with van der Waals surface area (Å²) in [6, 6.07) is 8.11. The van der Waals surface area contributed by atoms with Gasteiger partial charge in [0.25, 0.3) is 0 Å². The van der Waals surface area contributed by atoms with Crippen molar-refractivity contribution in [3.05, 3.63) is 48.3 Å². The lowest BCUT2D eigenvalue weighted by Crippen LogP contribution is -2.15. The van der Waals surface area contributed by atoms with E-state index in [9.17, 15) is 18.3 Å². The number of amides is 1. The molecule has 0 radical (unpaired) electrons. The molecule has 0 spiro atoms. The van der Waals surface area contributed by atoms with Crippen molar-refractivity contribution in [1.82, 2.24) is 15.0 Å². The average Bonchev–Trinajstić information content (AvgIpc) is 2.78. The van der Waals surface area contributed by atoms with E-state index in [-0.39, 0.29) is 34.4 Å². The molecule has 11 heteroatoms. The van der Waals surface area contributed by atoms with Crippen LogP contribution in [0.3, 0.4) is 0 Å². The van der Waals surface area contributed by atoms with Gasteiger partial charge >= 0.3 is 0 Å². The number of anilines is 3. The third-order valence-corrected chi connectivity index (χ3v) is 6.67. The summed E-state index contributed by atoms with van der Waals surface area (Å²) in [5, 5.41) is 15.9. The Morgan fingerprint density at radius 1 is 1.11 bits per heavy atom. The van der Waals surface area contributed by atoms with Crippen LogP contribution in [0.4, 0.5) is 17.3 Å². The Bertz CT molecular complexity index is 1350. The standard InChI is InChI=1S/C25H31N5O5S/c1-7-36(33,34)24-11-18(35-15(2)3)10-23(30-24)29-21-12-22(28-16(4)31)27-14-19(21)20-9-8-17(13-26-20)25(5,6)32/h8-15,32H,7H2,1-6H3,(H2,27,28,29,30,31). The van der Waals surface area contributed by atoms with Crippen molar-refractivity contribution >= 4 is 33.1 Å². The Morgan fingerprint density at radius 3 is 2.39 bits per heavy atom. The zero-order valence-corrected chi connectivity index (χ0v) is 22.0. The Kier molecular flexibility index (Phi) is 7.95. The number of hydrogen-bond acceptors (Lipinski definition) is 9. The summed E-state index contributed by atoms with van der Waals surface area (Å²) < 4.78 is 30.9. The highest BCUT2D eigenvalue weighted by molar-refractivity contribution is 7.91. The first-order valence-electron chi connectivity index (χ1n) is 11.4. The smallest absolute Gasteiger partial charge is 0.222 e. The molecule has 0 aliphatic rings. The molecule has 0 aliphatic heterocycles. The molecular weight excluding hydrogens is 482 g/mol. The van der Waals surface area contributed by atoms with Crippen LogP contribution in [0.5, 0.6) is 5.75 Å². The topological polar surface area (TPSA) is 143 Å². The molecule has 3 rings (SSSR count). The summed E-state index contributed by atoms with van der Waals surface area (Å²) in [6.07, 6.45) is 2.93. The lowest BCUT2D eigenvalue weighted by molar-refractivity contribution is -0.114. The highest BCUT2D eigenvalue weighted by Gasteiger charge is 2.20. The number of nitrogens with one attached hydrogen (secondary N) is 2. The van der Waals surface area contributed by atoms with Crippen LogP contribution < -0.4 is 15.4 Å². The van der Waals surface area contributed by atoms with Crippen molar-refractivity contribution in [1.29, 1.82) is 0 Å².